The van der Waals surface area contributed by atoms with Crippen molar-refractivity contribution in [3.63, 3.8) is 0 Å². The van der Waals surface area contributed by atoms with Gasteiger partial charge in [-0.05, 0) is 42.2 Å². The molecule has 2 aromatic rings. The summed E-state index contributed by atoms with van der Waals surface area (Å²) in [4.78, 5) is 6.50. The SMILES string of the molecule is Cc1nc(F)ccc1C1=CC2COCC(C1)N2Cc1ccccc1. The number of hydrogen-bond donors (Lipinski definition) is 0. The summed E-state index contributed by atoms with van der Waals surface area (Å²) in [6.45, 7) is 4.26. The molecule has 1 aromatic heterocycles. The lowest BCUT2D eigenvalue weighted by Gasteiger charge is -2.45. The zero-order valence-electron chi connectivity index (χ0n) is 13.8. The van der Waals surface area contributed by atoms with Crippen LogP contribution in [0.3, 0.4) is 0 Å². The number of halogens is 1. The molecule has 124 valence electrons. The van der Waals surface area contributed by atoms with E-state index in [1.807, 2.05) is 19.1 Å². The molecule has 4 heteroatoms. The Kier molecular flexibility index (Phi) is 4.17. The second kappa shape index (κ2) is 6.46. The smallest absolute Gasteiger partial charge is 0.213 e. The highest BCUT2D eigenvalue weighted by Gasteiger charge is 2.35. The third kappa shape index (κ3) is 2.99. The summed E-state index contributed by atoms with van der Waals surface area (Å²) in [6.07, 6.45) is 3.19. The highest BCUT2D eigenvalue weighted by atomic mass is 19.1. The fourth-order valence-electron chi connectivity index (χ4n) is 3.77. The molecule has 2 aliphatic rings. The van der Waals surface area contributed by atoms with Gasteiger partial charge >= 0.3 is 0 Å². The van der Waals surface area contributed by atoms with Crippen LogP contribution >= 0.6 is 0 Å². The molecule has 4 rings (SSSR count). The lowest BCUT2D eigenvalue weighted by atomic mass is 9.89. The van der Waals surface area contributed by atoms with Crippen LogP contribution in [0.5, 0.6) is 0 Å². The van der Waals surface area contributed by atoms with E-state index in [9.17, 15) is 4.39 Å². The van der Waals surface area contributed by atoms with E-state index >= 15 is 0 Å². The van der Waals surface area contributed by atoms with Gasteiger partial charge in [0.25, 0.3) is 0 Å². The Morgan fingerprint density at radius 3 is 2.75 bits per heavy atom. The average Bonchev–Trinajstić information content (AvgIpc) is 2.56. The first-order valence-corrected chi connectivity index (χ1v) is 8.42. The van der Waals surface area contributed by atoms with Crippen LogP contribution in [0.4, 0.5) is 4.39 Å². The van der Waals surface area contributed by atoms with Crippen LogP contribution in [0.15, 0.2) is 48.5 Å². The predicted octanol–water partition coefficient (Wildman–Crippen LogP) is 3.59. The van der Waals surface area contributed by atoms with Crippen LogP contribution in [0.1, 0.15) is 23.2 Å². The Morgan fingerprint density at radius 2 is 2.00 bits per heavy atom. The lowest BCUT2D eigenvalue weighted by Crippen LogP contribution is -2.53. The van der Waals surface area contributed by atoms with Gasteiger partial charge in [0.15, 0.2) is 0 Å². The molecule has 1 saturated heterocycles. The highest BCUT2D eigenvalue weighted by Crippen LogP contribution is 2.34. The summed E-state index contributed by atoms with van der Waals surface area (Å²) >= 11 is 0. The molecule has 1 fully saturated rings. The van der Waals surface area contributed by atoms with Crippen molar-refractivity contribution in [2.24, 2.45) is 0 Å². The molecule has 2 bridgehead atoms. The van der Waals surface area contributed by atoms with Gasteiger partial charge in [0, 0.05) is 18.3 Å². The van der Waals surface area contributed by atoms with E-state index < -0.39 is 5.95 Å². The summed E-state index contributed by atoms with van der Waals surface area (Å²) in [5.41, 5.74) is 4.41. The van der Waals surface area contributed by atoms with Crippen molar-refractivity contribution >= 4 is 5.57 Å². The maximum Gasteiger partial charge on any atom is 0.213 e. The summed E-state index contributed by atoms with van der Waals surface area (Å²) in [5.74, 6) is -0.415. The largest absolute Gasteiger partial charge is 0.378 e. The number of benzene rings is 1. The summed E-state index contributed by atoms with van der Waals surface area (Å²) in [7, 11) is 0. The first-order valence-electron chi connectivity index (χ1n) is 8.42. The van der Waals surface area contributed by atoms with Crippen LogP contribution in [-0.2, 0) is 11.3 Å². The van der Waals surface area contributed by atoms with Gasteiger partial charge in [-0.3, -0.25) is 4.90 Å². The fraction of sp³-hybridized carbons (Fsp3) is 0.350. The molecule has 1 aromatic carbocycles. The molecule has 3 heterocycles. The van der Waals surface area contributed by atoms with Gasteiger partial charge in [0.05, 0.1) is 19.3 Å². The van der Waals surface area contributed by atoms with Crippen molar-refractivity contribution < 1.29 is 9.13 Å². The lowest BCUT2D eigenvalue weighted by molar-refractivity contribution is -0.0402. The normalized spacial score (nSPS) is 23.8. The van der Waals surface area contributed by atoms with E-state index in [2.05, 4.69) is 40.2 Å². The quantitative estimate of drug-likeness (QED) is 0.807. The van der Waals surface area contributed by atoms with Crippen molar-refractivity contribution in [2.45, 2.75) is 32.0 Å². The Labute approximate surface area is 141 Å². The van der Waals surface area contributed by atoms with E-state index in [4.69, 9.17) is 4.74 Å². The van der Waals surface area contributed by atoms with Crippen molar-refractivity contribution in [3.05, 3.63) is 71.3 Å². The molecular formula is C20H21FN2O. The summed E-state index contributed by atoms with van der Waals surface area (Å²) in [5, 5.41) is 0. The molecule has 2 atom stereocenters. The minimum atomic E-state index is -0.415. The van der Waals surface area contributed by atoms with E-state index in [1.54, 1.807) is 0 Å². The number of aryl methyl sites for hydroxylation is 1. The van der Waals surface area contributed by atoms with Crippen LogP contribution in [0, 0.1) is 12.9 Å². The number of rotatable bonds is 3. The molecule has 0 amide bonds. The monoisotopic (exact) mass is 324 g/mol. The predicted molar refractivity (Wildman–Crippen MR) is 91.9 cm³/mol. The fourth-order valence-corrected chi connectivity index (χ4v) is 3.77. The average molecular weight is 324 g/mol. The summed E-state index contributed by atoms with van der Waals surface area (Å²) < 4.78 is 19.1. The van der Waals surface area contributed by atoms with Gasteiger partial charge in [-0.25, -0.2) is 4.98 Å². The second-order valence-electron chi connectivity index (χ2n) is 6.58. The standard InChI is InChI=1S/C20H21FN2O/c1-14-19(7-8-20(21)22-14)16-9-17-12-24-13-18(10-16)23(17)11-15-5-3-2-4-6-15/h2-9,17-18H,10-13H2,1H3. The molecule has 24 heavy (non-hydrogen) atoms. The van der Waals surface area contributed by atoms with Gasteiger partial charge < -0.3 is 4.74 Å². The Bertz CT molecular complexity index is 759. The number of nitrogens with zero attached hydrogens (tertiary/aromatic N) is 2. The minimum Gasteiger partial charge on any atom is -0.378 e. The van der Waals surface area contributed by atoms with Crippen LogP contribution < -0.4 is 0 Å². The van der Waals surface area contributed by atoms with Gasteiger partial charge in [-0.2, -0.15) is 4.39 Å². The van der Waals surface area contributed by atoms with E-state index in [0.717, 1.165) is 30.8 Å². The highest BCUT2D eigenvalue weighted by molar-refractivity contribution is 5.69. The van der Waals surface area contributed by atoms with Gasteiger partial charge in [0.1, 0.15) is 0 Å². The zero-order chi connectivity index (χ0) is 16.5. The first-order chi connectivity index (χ1) is 11.7. The molecule has 0 spiro atoms. The molecule has 2 aliphatic heterocycles. The van der Waals surface area contributed by atoms with Crippen molar-refractivity contribution in [3.8, 4) is 0 Å². The molecule has 3 nitrogen and oxygen atoms in total. The topological polar surface area (TPSA) is 25.4 Å². The maximum atomic E-state index is 13.3. The van der Waals surface area contributed by atoms with Gasteiger partial charge in [0.2, 0.25) is 5.95 Å². The molecule has 0 N–H and O–H groups in total. The van der Waals surface area contributed by atoms with Crippen molar-refractivity contribution in [1.82, 2.24) is 9.88 Å². The van der Waals surface area contributed by atoms with E-state index in [-0.39, 0.29) is 6.04 Å². The van der Waals surface area contributed by atoms with Gasteiger partial charge in [-0.15, -0.1) is 0 Å². The van der Waals surface area contributed by atoms with Crippen molar-refractivity contribution in [2.75, 3.05) is 13.2 Å². The second-order valence-corrected chi connectivity index (χ2v) is 6.58. The summed E-state index contributed by atoms with van der Waals surface area (Å²) in [6, 6.07) is 14.5. The minimum absolute atomic E-state index is 0.261. The van der Waals surface area contributed by atoms with Crippen LogP contribution in [0.25, 0.3) is 5.57 Å². The van der Waals surface area contributed by atoms with Crippen LogP contribution in [-0.4, -0.2) is 35.2 Å². The molecule has 0 radical (unpaired) electrons. The maximum absolute atomic E-state index is 13.3. The Hall–Kier alpha value is -2.04. The van der Waals surface area contributed by atoms with E-state index in [1.165, 1.54) is 17.2 Å². The number of hydrogen-bond acceptors (Lipinski definition) is 3. The van der Waals surface area contributed by atoms with E-state index in [0.29, 0.717) is 12.6 Å². The number of fused-ring (bicyclic) bond motifs is 2. The van der Waals surface area contributed by atoms with Gasteiger partial charge in [-0.1, -0.05) is 36.4 Å². The number of ether oxygens (including phenoxy) is 1. The Morgan fingerprint density at radius 1 is 1.17 bits per heavy atom. The first kappa shape index (κ1) is 15.5. The zero-order valence-corrected chi connectivity index (χ0v) is 13.8. The molecule has 0 aliphatic carbocycles. The number of morpholine rings is 1. The third-order valence-electron chi connectivity index (χ3n) is 4.95. The molecular weight excluding hydrogens is 303 g/mol. The molecule has 2 unspecified atom stereocenters. The van der Waals surface area contributed by atoms with Crippen LogP contribution in [0.2, 0.25) is 0 Å². The number of pyridine rings is 1. The third-order valence-corrected chi connectivity index (χ3v) is 4.95. The number of aromatic nitrogens is 1. The molecule has 0 saturated carbocycles. The van der Waals surface area contributed by atoms with Crippen molar-refractivity contribution in [1.29, 1.82) is 0 Å². The Balaban J connectivity index is 1.62.